The maximum Gasteiger partial charge on any atom is 0.511 e. The van der Waals surface area contributed by atoms with Crippen molar-refractivity contribution in [2.45, 2.75) is 6.18 Å². The fourth-order valence-corrected chi connectivity index (χ4v) is 1.42. The summed E-state index contributed by atoms with van der Waals surface area (Å²) in [4.78, 5) is 9.96. The number of carboxylic acid groups (broad SMARTS) is 1. The molecule has 0 aliphatic rings. The molecule has 0 unspecified atom stereocenters. The lowest BCUT2D eigenvalue weighted by atomic mass is 10.3. The smallest absolute Gasteiger partial charge is 0.449 e. The highest BCUT2D eigenvalue weighted by atomic mass is 32.1. The number of carbonyl (C=O) groups is 1. The van der Waals surface area contributed by atoms with Crippen LogP contribution in [-0.2, 0) is 6.18 Å². The van der Waals surface area contributed by atoms with E-state index in [1.54, 1.807) is 0 Å². The minimum absolute atomic E-state index is 0.676. The van der Waals surface area contributed by atoms with Crippen molar-refractivity contribution in [1.82, 2.24) is 0 Å². The van der Waals surface area contributed by atoms with E-state index < -0.39 is 23.6 Å². The summed E-state index contributed by atoms with van der Waals surface area (Å²) in [5.74, 6) is -0.676. The van der Waals surface area contributed by atoms with E-state index in [9.17, 15) is 18.0 Å². The third-order valence-electron chi connectivity index (χ3n) is 1.13. The Kier molecular flexibility index (Phi) is 2.46. The molecule has 0 aliphatic heterocycles. The Morgan fingerprint density at radius 2 is 2.08 bits per heavy atom. The lowest BCUT2D eigenvalue weighted by Crippen LogP contribution is -2.09. The third kappa shape index (κ3) is 2.35. The number of thiophene rings is 1. The first-order valence-corrected chi connectivity index (χ1v) is 3.89. The van der Waals surface area contributed by atoms with E-state index in [2.05, 4.69) is 4.74 Å². The lowest BCUT2D eigenvalue weighted by Gasteiger charge is -2.05. The van der Waals surface area contributed by atoms with Gasteiger partial charge in [-0.1, -0.05) is 0 Å². The van der Waals surface area contributed by atoms with Gasteiger partial charge < -0.3 is 9.84 Å². The van der Waals surface area contributed by atoms with Crippen LogP contribution < -0.4 is 4.74 Å². The first kappa shape index (κ1) is 9.85. The molecule has 1 N–H and O–H groups in total. The number of ether oxygens (including phenoxy) is 1. The fraction of sp³-hybridized carbons (Fsp3) is 0.167. The molecule has 0 radical (unpaired) electrons. The monoisotopic (exact) mass is 212 g/mol. The summed E-state index contributed by atoms with van der Waals surface area (Å²) in [6.07, 6.45) is -6.34. The van der Waals surface area contributed by atoms with Gasteiger partial charge in [-0.15, -0.1) is 11.3 Å². The summed E-state index contributed by atoms with van der Waals surface area (Å²) in [5.41, 5.74) is -1.07. The molecule has 0 aliphatic carbocycles. The summed E-state index contributed by atoms with van der Waals surface area (Å²) < 4.78 is 40.1. The molecule has 0 atom stereocenters. The second-order valence-electron chi connectivity index (χ2n) is 2.02. The van der Waals surface area contributed by atoms with E-state index in [0.29, 0.717) is 0 Å². The molecule has 72 valence electrons. The van der Waals surface area contributed by atoms with Crippen molar-refractivity contribution in [3.8, 4) is 5.75 Å². The lowest BCUT2D eigenvalue weighted by molar-refractivity contribution is -0.138. The largest absolute Gasteiger partial charge is 0.511 e. The van der Waals surface area contributed by atoms with E-state index in [0.717, 1.165) is 22.1 Å². The van der Waals surface area contributed by atoms with Gasteiger partial charge in [-0.25, -0.2) is 4.79 Å². The van der Waals surface area contributed by atoms with Crippen molar-refractivity contribution in [2.75, 3.05) is 0 Å². The van der Waals surface area contributed by atoms with Crippen molar-refractivity contribution in [1.29, 1.82) is 0 Å². The first-order chi connectivity index (χ1) is 5.91. The highest BCUT2D eigenvalue weighted by Crippen LogP contribution is 2.38. The Balaban J connectivity index is 2.96. The zero-order valence-electron chi connectivity index (χ0n) is 5.96. The molecule has 3 nitrogen and oxygen atoms in total. The summed E-state index contributed by atoms with van der Waals surface area (Å²) >= 11 is 0.727. The number of rotatable bonds is 1. The quantitative estimate of drug-likeness (QED) is 0.728. The van der Waals surface area contributed by atoms with Crippen LogP contribution in [0.25, 0.3) is 0 Å². The topological polar surface area (TPSA) is 46.5 Å². The van der Waals surface area contributed by atoms with E-state index >= 15 is 0 Å². The van der Waals surface area contributed by atoms with Crippen molar-refractivity contribution in [3.05, 3.63) is 16.3 Å². The average Bonchev–Trinajstić information content (AvgIpc) is 2.31. The second kappa shape index (κ2) is 3.25. The first-order valence-electron chi connectivity index (χ1n) is 2.95. The molecule has 1 rings (SSSR count). The van der Waals surface area contributed by atoms with Crippen molar-refractivity contribution >= 4 is 17.5 Å². The summed E-state index contributed by atoms with van der Waals surface area (Å²) in [6, 6.07) is 0. The zero-order valence-corrected chi connectivity index (χ0v) is 6.78. The normalized spacial score (nSPS) is 11.3. The van der Waals surface area contributed by atoms with Crippen molar-refractivity contribution in [3.63, 3.8) is 0 Å². The van der Waals surface area contributed by atoms with Gasteiger partial charge in [0.1, 0.15) is 5.56 Å². The molecule has 1 heterocycles. The average molecular weight is 212 g/mol. The van der Waals surface area contributed by atoms with Gasteiger partial charge in [0.2, 0.25) is 0 Å². The molecule has 13 heavy (non-hydrogen) atoms. The molecule has 1 aromatic rings. The van der Waals surface area contributed by atoms with Crippen molar-refractivity contribution < 1.29 is 27.8 Å². The van der Waals surface area contributed by atoms with Crippen LogP contribution in [0.2, 0.25) is 0 Å². The number of halogens is 3. The Morgan fingerprint density at radius 3 is 2.54 bits per heavy atom. The van der Waals surface area contributed by atoms with Crippen LogP contribution in [0, 0.1) is 0 Å². The van der Waals surface area contributed by atoms with Gasteiger partial charge in [-0.2, -0.15) is 13.2 Å². The van der Waals surface area contributed by atoms with Crippen molar-refractivity contribution in [2.24, 2.45) is 0 Å². The molecule has 1 aromatic heterocycles. The summed E-state index contributed by atoms with van der Waals surface area (Å²) in [7, 11) is 0. The zero-order chi connectivity index (χ0) is 10.1. The number of hydrogen-bond acceptors (Lipinski definition) is 3. The highest BCUT2D eigenvalue weighted by Gasteiger charge is 2.35. The van der Waals surface area contributed by atoms with Crippen LogP contribution in [0.3, 0.4) is 0 Å². The molecule has 0 saturated carbocycles. The molecule has 0 bridgehead atoms. The minimum Gasteiger partial charge on any atom is -0.449 e. The molecule has 0 spiro atoms. The molecular formula is C6H3F3O3S. The van der Waals surface area contributed by atoms with Gasteiger partial charge in [-0.05, 0) is 0 Å². The number of alkyl halides is 3. The minimum atomic E-state index is -4.58. The Bertz CT molecular complexity index is 317. The van der Waals surface area contributed by atoms with Gasteiger partial charge in [-0.3, -0.25) is 0 Å². The van der Waals surface area contributed by atoms with Crippen LogP contribution in [0.1, 0.15) is 5.56 Å². The van der Waals surface area contributed by atoms with Gasteiger partial charge in [0.25, 0.3) is 0 Å². The van der Waals surface area contributed by atoms with Crippen LogP contribution in [0.15, 0.2) is 10.8 Å². The van der Waals surface area contributed by atoms with Gasteiger partial charge >= 0.3 is 12.3 Å². The molecular weight excluding hydrogens is 209 g/mol. The van der Waals surface area contributed by atoms with E-state index in [-0.39, 0.29) is 0 Å². The Hall–Kier alpha value is -1.24. The van der Waals surface area contributed by atoms with Gasteiger partial charge in [0, 0.05) is 10.8 Å². The standard InChI is InChI=1S/C6H3F3O3S/c7-6(8,9)3-1-13-2-4(3)12-5(10)11/h1-2H,(H,10,11). The third-order valence-corrected chi connectivity index (χ3v) is 1.85. The SMILES string of the molecule is O=C(O)Oc1cscc1C(F)(F)F. The predicted octanol–water partition coefficient (Wildman–Crippen LogP) is 2.82. The molecule has 0 fully saturated rings. The molecule has 0 aromatic carbocycles. The van der Waals surface area contributed by atoms with E-state index in [4.69, 9.17) is 5.11 Å². The van der Waals surface area contributed by atoms with Crippen LogP contribution in [0.5, 0.6) is 5.75 Å². The van der Waals surface area contributed by atoms with E-state index in [1.807, 2.05) is 0 Å². The second-order valence-corrected chi connectivity index (χ2v) is 2.76. The molecule has 0 amide bonds. The Labute approximate surface area is 74.4 Å². The van der Waals surface area contributed by atoms with Crippen LogP contribution in [0.4, 0.5) is 18.0 Å². The van der Waals surface area contributed by atoms with Gasteiger partial charge in [0.05, 0.1) is 0 Å². The molecule has 7 heteroatoms. The summed E-state index contributed by atoms with van der Waals surface area (Å²) in [6.45, 7) is 0. The number of hydrogen-bond donors (Lipinski definition) is 1. The maximum absolute atomic E-state index is 12.1. The van der Waals surface area contributed by atoms with E-state index in [1.165, 1.54) is 0 Å². The molecule has 0 saturated heterocycles. The van der Waals surface area contributed by atoms with Crippen LogP contribution >= 0.6 is 11.3 Å². The summed E-state index contributed by atoms with van der Waals surface area (Å²) in [5, 5.41) is 9.86. The maximum atomic E-state index is 12.1. The fourth-order valence-electron chi connectivity index (χ4n) is 0.665. The van der Waals surface area contributed by atoms with Crippen LogP contribution in [-0.4, -0.2) is 11.3 Å². The Morgan fingerprint density at radius 1 is 1.46 bits per heavy atom. The predicted molar refractivity (Wildman–Crippen MR) is 38.0 cm³/mol. The van der Waals surface area contributed by atoms with Gasteiger partial charge in [0.15, 0.2) is 5.75 Å². The highest BCUT2D eigenvalue weighted by molar-refractivity contribution is 7.08.